The standard InChI is InChI=1S/C10H6Cl2N2S/c11-7-1-3-13-5-9(7)15-10-6-14-4-2-8(10)12/h1-6H. The largest absolute Gasteiger partial charge is 0.263 e. The van der Waals surface area contributed by atoms with Crippen LogP contribution in [0.25, 0.3) is 0 Å². The molecular formula is C10H6Cl2N2S. The van der Waals surface area contributed by atoms with Gasteiger partial charge in [0, 0.05) is 34.6 Å². The molecule has 2 aromatic rings. The van der Waals surface area contributed by atoms with Gasteiger partial charge in [-0.3, -0.25) is 9.97 Å². The maximum Gasteiger partial charge on any atom is 0.0576 e. The first kappa shape index (κ1) is 10.7. The summed E-state index contributed by atoms with van der Waals surface area (Å²) < 4.78 is 0. The molecule has 0 amide bonds. The van der Waals surface area contributed by atoms with Crippen LogP contribution in [-0.2, 0) is 0 Å². The number of halogens is 2. The molecule has 0 aliphatic rings. The van der Waals surface area contributed by atoms with Gasteiger partial charge >= 0.3 is 0 Å². The van der Waals surface area contributed by atoms with Gasteiger partial charge in [0.25, 0.3) is 0 Å². The fourth-order valence-corrected chi connectivity index (χ4v) is 2.23. The van der Waals surface area contributed by atoms with E-state index in [4.69, 9.17) is 23.2 Å². The van der Waals surface area contributed by atoms with E-state index in [-0.39, 0.29) is 0 Å². The van der Waals surface area contributed by atoms with Crippen molar-refractivity contribution in [2.75, 3.05) is 0 Å². The van der Waals surface area contributed by atoms with Crippen LogP contribution in [0.4, 0.5) is 0 Å². The second-order valence-electron chi connectivity index (χ2n) is 2.71. The molecule has 2 heterocycles. The summed E-state index contributed by atoms with van der Waals surface area (Å²) in [5, 5.41) is 1.32. The van der Waals surface area contributed by atoms with E-state index in [1.165, 1.54) is 11.8 Å². The van der Waals surface area contributed by atoms with E-state index in [0.717, 1.165) is 9.79 Å². The van der Waals surface area contributed by atoms with Crippen LogP contribution in [0.1, 0.15) is 0 Å². The molecule has 76 valence electrons. The Morgan fingerprint density at radius 3 is 1.73 bits per heavy atom. The number of hydrogen-bond acceptors (Lipinski definition) is 3. The van der Waals surface area contributed by atoms with Crippen molar-refractivity contribution in [2.45, 2.75) is 9.79 Å². The van der Waals surface area contributed by atoms with Crippen LogP contribution in [0.15, 0.2) is 46.7 Å². The number of rotatable bonds is 2. The molecule has 0 N–H and O–H groups in total. The van der Waals surface area contributed by atoms with Crippen LogP contribution in [0.5, 0.6) is 0 Å². The molecule has 2 aromatic heterocycles. The van der Waals surface area contributed by atoms with E-state index >= 15 is 0 Å². The number of nitrogens with zero attached hydrogens (tertiary/aromatic N) is 2. The third kappa shape index (κ3) is 2.62. The van der Waals surface area contributed by atoms with Crippen LogP contribution in [0, 0.1) is 0 Å². The molecule has 0 spiro atoms. The molecule has 0 saturated carbocycles. The van der Waals surface area contributed by atoms with Crippen molar-refractivity contribution in [1.82, 2.24) is 9.97 Å². The maximum absolute atomic E-state index is 6.00. The van der Waals surface area contributed by atoms with Gasteiger partial charge in [0.2, 0.25) is 0 Å². The molecule has 0 aliphatic heterocycles. The van der Waals surface area contributed by atoms with Gasteiger partial charge in [0.05, 0.1) is 10.0 Å². The minimum absolute atomic E-state index is 0.662. The molecular weight excluding hydrogens is 251 g/mol. The highest BCUT2D eigenvalue weighted by Gasteiger charge is 2.05. The number of hydrogen-bond donors (Lipinski definition) is 0. The Morgan fingerprint density at radius 2 is 1.33 bits per heavy atom. The van der Waals surface area contributed by atoms with Gasteiger partial charge in [-0.2, -0.15) is 0 Å². The van der Waals surface area contributed by atoms with Crippen molar-refractivity contribution in [2.24, 2.45) is 0 Å². The minimum Gasteiger partial charge on any atom is -0.263 e. The zero-order chi connectivity index (χ0) is 10.7. The zero-order valence-corrected chi connectivity index (χ0v) is 9.85. The summed E-state index contributed by atoms with van der Waals surface area (Å²) >= 11 is 13.5. The molecule has 2 rings (SSSR count). The predicted octanol–water partition coefficient (Wildman–Crippen LogP) is 3.93. The molecule has 2 nitrogen and oxygen atoms in total. The molecule has 0 bridgehead atoms. The third-order valence-corrected chi connectivity index (χ3v) is 3.66. The van der Waals surface area contributed by atoms with Crippen LogP contribution < -0.4 is 0 Å². The smallest absolute Gasteiger partial charge is 0.0576 e. The Hall–Kier alpha value is -0.770. The van der Waals surface area contributed by atoms with Crippen molar-refractivity contribution in [3.63, 3.8) is 0 Å². The highest BCUT2D eigenvalue weighted by molar-refractivity contribution is 7.99. The Morgan fingerprint density at radius 1 is 0.867 bits per heavy atom. The first-order chi connectivity index (χ1) is 7.27. The lowest BCUT2D eigenvalue weighted by Gasteiger charge is -2.03. The van der Waals surface area contributed by atoms with Crippen molar-refractivity contribution >= 4 is 35.0 Å². The molecule has 0 unspecified atom stereocenters. The monoisotopic (exact) mass is 256 g/mol. The number of aromatic nitrogens is 2. The second-order valence-corrected chi connectivity index (χ2v) is 4.61. The van der Waals surface area contributed by atoms with Gasteiger partial charge in [0.15, 0.2) is 0 Å². The average Bonchev–Trinajstić information content (AvgIpc) is 2.24. The molecule has 15 heavy (non-hydrogen) atoms. The van der Waals surface area contributed by atoms with E-state index in [2.05, 4.69) is 9.97 Å². The molecule has 0 radical (unpaired) electrons. The van der Waals surface area contributed by atoms with Gasteiger partial charge in [-0.15, -0.1) is 0 Å². The Bertz CT molecular complexity index is 433. The lowest BCUT2D eigenvalue weighted by Crippen LogP contribution is -1.80. The second kappa shape index (κ2) is 4.84. The van der Waals surface area contributed by atoms with Gasteiger partial charge in [-0.25, -0.2) is 0 Å². The highest BCUT2D eigenvalue weighted by Crippen LogP contribution is 2.35. The fourth-order valence-electron chi connectivity index (χ4n) is 0.995. The van der Waals surface area contributed by atoms with Gasteiger partial charge in [-0.05, 0) is 12.1 Å². The Balaban J connectivity index is 2.30. The van der Waals surface area contributed by atoms with Gasteiger partial charge in [0.1, 0.15) is 0 Å². The first-order valence-corrected chi connectivity index (χ1v) is 5.71. The van der Waals surface area contributed by atoms with E-state index in [9.17, 15) is 0 Å². The van der Waals surface area contributed by atoms with Crippen molar-refractivity contribution in [3.05, 3.63) is 47.0 Å². The van der Waals surface area contributed by atoms with Crippen molar-refractivity contribution in [1.29, 1.82) is 0 Å². The highest BCUT2D eigenvalue weighted by atomic mass is 35.5. The summed E-state index contributed by atoms with van der Waals surface area (Å²) in [6, 6.07) is 3.49. The summed E-state index contributed by atoms with van der Waals surface area (Å²) in [5.41, 5.74) is 0. The maximum atomic E-state index is 6.00. The van der Waals surface area contributed by atoms with E-state index in [0.29, 0.717) is 10.0 Å². The summed E-state index contributed by atoms with van der Waals surface area (Å²) in [7, 11) is 0. The van der Waals surface area contributed by atoms with Crippen molar-refractivity contribution < 1.29 is 0 Å². The van der Waals surface area contributed by atoms with E-state index in [1.54, 1.807) is 36.9 Å². The van der Waals surface area contributed by atoms with Crippen LogP contribution in [0.2, 0.25) is 10.0 Å². The van der Waals surface area contributed by atoms with Gasteiger partial charge < -0.3 is 0 Å². The van der Waals surface area contributed by atoms with Crippen LogP contribution in [-0.4, -0.2) is 9.97 Å². The fraction of sp³-hybridized carbons (Fsp3) is 0. The molecule has 0 aliphatic carbocycles. The molecule has 5 heteroatoms. The number of pyridine rings is 2. The van der Waals surface area contributed by atoms with Crippen LogP contribution >= 0.6 is 35.0 Å². The molecule has 0 saturated heterocycles. The topological polar surface area (TPSA) is 25.8 Å². The lowest BCUT2D eigenvalue weighted by molar-refractivity contribution is 1.21. The van der Waals surface area contributed by atoms with Crippen LogP contribution in [0.3, 0.4) is 0 Å². The summed E-state index contributed by atoms with van der Waals surface area (Å²) in [5.74, 6) is 0. The first-order valence-electron chi connectivity index (χ1n) is 4.14. The van der Waals surface area contributed by atoms with E-state index < -0.39 is 0 Å². The summed E-state index contributed by atoms with van der Waals surface area (Å²) in [4.78, 5) is 9.74. The van der Waals surface area contributed by atoms with E-state index in [1.807, 2.05) is 0 Å². The van der Waals surface area contributed by atoms with Crippen molar-refractivity contribution in [3.8, 4) is 0 Å². The zero-order valence-electron chi connectivity index (χ0n) is 7.52. The van der Waals surface area contributed by atoms with Gasteiger partial charge in [-0.1, -0.05) is 35.0 Å². The predicted molar refractivity (Wildman–Crippen MR) is 62.6 cm³/mol. The molecule has 0 atom stereocenters. The SMILES string of the molecule is Clc1ccncc1Sc1cnccc1Cl. The molecule has 0 aromatic carbocycles. The Kier molecular flexibility index (Phi) is 3.46. The minimum atomic E-state index is 0.662. The Labute approximate surface area is 102 Å². The quantitative estimate of drug-likeness (QED) is 0.815. The molecule has 0 fully saturated rings. The normalized spacial score (nSPS) is 10.3. The third-order valence-electron chi connectivity index (χ3n) is 1.69. The lowest BCUT2D eigenvalue weighted by atomic mass is 10.5. The average molecular weight is 257 g/mol. The summed E-state index contributed by atoms with van der Waals surface area (Å²) in [6.45, 7) is 0. The summed E-state index contributed by atoms with van der Waals surface area (Å²) in [6.07, 6.45) is 6.71.